The molecular weight excluding hydrogens is 296 g/mol. The molecule has 23 heavy (non-hydrogen) atoms. The van der Waals surface area contributed by atoms with E-state index < -0.39 is 8.07 Å². The third-order valence-electron chi connectivity index (χ3n) is 7.48. The van der Waals surface area contributed by atoms with Gasteiger partial charge in [-0.05, 0) is 42.6 Å². The minimum absolute atomic E-state index is 0.0690. The summed E-state index contributed by atoms with van der Waals surface area (Å²) in [4.78, 5) is 13.1. The topological polar surface area (TPSA) is 17.1 Å². The monoisotopic (exact) mass is 326 g/mol. The van der Waals surface area contributed by atoms with Gasteiger partial charge in [-0.1, -0.05) is 68.9 Å². The molecule has 0 unspecified atom stereocenters. The van der Waals surface area contributed by atoms with E-state index in [-0.39, 0.29) is 5.41 Å². The van der Waals surface area contributed by atoms with Crippen LogP contribution in [0.25, 0.3) is 0 Å². The van der Waals surface area contributed by atoms with E-state index in [1.54, 1.807) is 5.19 Å². The number of benzene rings is 1. The standard InChI is InChI=1S/C21H30OSi/c1-20(2)14-21-12-8-11-17(21)16(18(21)19(20)22)13-23(3,4)15-9-6-5-7-10-15/h5-7,9-10,16-18H,8,11-14H2,1-4H3/t16-,17+,18-,21-/m0/s1. The Kier molecular flexibility index (Phi) is 3.27. The van der Waals surface area contributed by atoms with Gasteiger partial charge in [0.25, 0.3) is 0 Å². The van der Waals surface area contributed by atoms with Crippen LogP contribution < -0.4 is 5.19 Å². The number of Topliss-reactive ketones (excluding diaryl/α,β-unsaturated/α-hetero) is 1. The van der Waals surface area contributed by atoms with Crippen LogP contribution in [0, 0.1) is 28.6 Å². The Balaban J connectivity index is 1.62. The quantitative estimate of drug-likeness (QED) is 0.740. The summed E-state index contributed by atoms with van der Waals surface area (Å²) in [6.45, 7) is 9.41. The molecule has 0 radical (unpaired) electrons. The van der Waals surface area contributed by atoms with Gasteiger partial charge in [0.15, 0.2) is 0 Å². The summed E-state index contributed by atoms with van der Waals surface area (Å²) in [7, 11) is -1.46. The van der Waals surface area contributed by atoms with Crippen molar-refractivity contribution in [3.8, 4) is 0 Å². The number of ketones is 1. The van der Waals surface area contributed by atoms with E-state index in [0.29, 0.717) is 23.0 Å². The molecule has 124 valence electrons. The van der Waals surface area contributed by atoms with Crippen LogP contribution in [0.3, 0.4) is 0 Å². The Labute approximate surface area is 141 Å². The van der Waals surface area contributed by atoms with Crippen molar-refractivity contribution >= 4 is 19.0 Å². The van der Waals surface area contributed by atoms with Crippen molar-refractivity contribution in [3.63, 3.8) is 0 Å². The van der Waals surface area contributed by atoms with Gasteiger partial charge in [-0.15, -0.1) is 0 Å². The maximum absolute atomic E-state index is 13.1. The minimum atomic E-state index is -1.46. The van der Waals surface area contributed by atoms with Crippen LogP contribution in [-0.4, -0.2) is 13.9 Å². The maximum atomic E-state index is 13.1. The second-order valence-corrected chi connectivity index (χ2v) is 14.5. The average molecular weight is 327 g/mol. The Morgan fingerprint density at radius 2 is 1.87 bits per heavy atom. The lowest BCUT2D eigenvalue weighted by Gasteiger charge is -2.56. The second-order valence-electron chi connectivity index (χ2n) is 9.75. The summed E-state index contributed by atoms with van der Waals surface area (Å²) >= 11 is 0. The van der Waals surface area contributed by atoms with E-state index in [0.717, 1.165) is 12.3 Å². The molecule has 3 aliphatic carbocycles. The number of hydrogen-bond acceptors (Lipinski definition) is 1. The smallest absolute Gasteiger partial charge is 0.142 e. The fourth-order valence-electron chi connectivity index (χ4n) is 6.66. The van der Waals surface area contributed by atoms with Gasteiger partial charge >= 0.3 is 0 Å². The number of hydrogen-bond donors (Lipinski definition) is 0. The van der Waals surface area contributed by atoms with Crippen molar-refractivity contribution in [2.24, 2.45) is 28.6 Å². The van der Waals surface area contributed by atoms with E-state index >= 15 is 0 Å². The fourth-order valence-corrected chi connectivity index (χ4v) is 9.69. The molecule has 0 N–H and O–H groups in total. The highest BCUT2D eigenvalue weighted by molar-refractivity contribution is 6.89. The molecule has 0 aliphatic heterocycles. The van der Waals surface area contributed by atoms with Gasteiger partial charge in [0.05, 0.1) is 8.07 Å². The Morgan fingerprint density at radius 1 is 1.17 bits per heavy atom. The number of rotatable bonds is 3. The third kappa shape index (κ3) is 2.06. The molecule has 0 heterocycles. The van der Waals surface area contributed by atoms with Crippen LogP contribution in [0.15, 0.2) is 30.3 Å². The molecule has 1 aromatic rings. The van der Waals surface area contributed by atoms with E-state index in [1.165, 1.54) is 25.3 Å². The molecule has 0 aromatic heterocycles. The van der Waals surface area contributed by atoms with Gasteiger partial charge in [0, 0.05) is 11.3 Å². The molecule has 1 nitrogen and oxygen atoms in total. The molecule has 0 saturated heterocycles. The van der Waals surface area contributed by atoms with Gasteiger partial charge in [-0.2, -0.15) is 0 Å². The molecule has 0 bridgehead atoms. The lowest BCUT2D eigenvalue weighted by Crippen LogP contribution is -2.57. The first-order valence-electron chi connectivity index (χ1n) is 9.38. The molecular formula is C21H30OSi. The summed E-state index contributed by atoms with van der Waals surface area (Å²) in [6, 6.07) is 12.4. The lowest BCUT2D eigenvalue weighted by atomic mass is 9.50. The van der Waals surface area contributed by atoms with Crippen LogP contribution in [-0.2, 0) is 4.79 Å². The van der Waals surface area contributed by atoms with E-state index in [9.17, 15) is 4.79 Å². The van der Waals surface area contributed by atoms with Crippen molar-refractivity contribution in [1.82, 2.24) is 0 Å². The van der Waals surface area contributed by atoms with Crippen LogP contribution in [0.1, 0.15) is 39.5 Å². The summed E-state index contributed by atoms with van der Waals surface area (Å²) in [5.41, 5.74) is 0.340. The molecule has 1 spiro atoms. The predicted molar refractivity (Wildman–Crippen MR) is 98.5 cm³/mol. The van der Waals surface area contributed by atoms with Gasteiger partial charge < -0.3 is 0 Å². The highest BCUT2D eigenvalue weighted by atomic mass is 28.3. The maximum Gasteiger partial charge on any atom is 0.142 e. The van der Waals surface area contributed by atoms with Gasteiger partial charge in [-0.3, -0.25) is 4.79 Å². The normalized spacial score (nSPS) is 38.1. The molecule has 3 fully saturated rings. The fraction of sp³-hybridized carbons (Fsp3) is 0.667. The van der Waals surface area contributed by atoms with Gasteiger partial charge in [0.2, 0.25) is 0 Å². The van der Waals surface area contributed by atoms with Crippen molar-refractivity contribution in [2.45, 2.75) is 58.7 Å². The van der Waals surface area contributed by atoms with Crippen LogP contribution in [0.2, 0.25) is 19.1 Å². The van der Waals surface area contributed by atoms with E-state index in [1.807, 2.05) is 0 Å². The van der Waals surface area contributed by atoms with Gasteiger partial charge in [-0.25, -0.2) is 0 Å². The SMILES string of the molecule is CC1(C)C[C@@]23CCC[C@@H]2[C@H](C[Si](C)(C)c2ccccc2)[C@H]3C1=O. The average Bonchev–Trinajstić information content (AvgIpc) is 2.92. The first-order chi connectivity index (χ1) is 10.8. The van der Waals surface area contributed by atoms with E-state index in [2.05, 4.69) is 57.3 Å². The molecule has 3 aliphatic rings. The predicted octanol–water partition coefficient (Wildman–Crippen LogP) is 4.63. The summed E-state index contributed by atoms with van der Waals surface area (Å²) in [5, 5.41) is 1.56. The number of carbonyl (C=O) groups is 1. The second kappa shape index (κ2) is 4.81. The van der Waals surface area contributed by atoms with Crippen molar-refractivity contribution in [2.75, 3.05) is 0 Å². The molecule has 4 rings (SSSR count). The highest BCUT2D eigenvalue weighted by Gasteiger charge is 2.72. The Morgan fingerprint density at radius 3 is 2.57 bits per heavy atom. The summed E-state index contributed by atoms with van der Waals surface area (Å²) in [6.07, 6.45) is 5.22. The zero-order valence-corrected chi connectivity index (χ0v) is 16.1. The lowest BCUT2D eigenvalue weighted by molar-refractivity contribution is -0.140. The van der Waals surface area contributed by atoms with Crippen molar-refractivity contribution in [1.29, 1.82) is 0 Å². The third-order valence-corrected chi connectivity index (χ3v) is 10.9. The Bertz CT molecular complexity index is 633. The highest BCUT2D eigenvalue weighted by Crippen LogP contribution is 2.74. The van der Waals surface area contributed by atoms with E-state index in [4.69, 9.17) is 0 Å². The largest absolute Gasteiger partial charge is 0.299 e. The minimum Gasteiger partial charge on any atom is -0.299 e. The molecule has 2 heteroatoms. The zero-order chi connectivity index (χ0) is 16.5. The van der Waals surface area contributed by atoms with Crippen molar-refractivity contribution < 1.29 is 4.79 Å². The first kappa shape index (κ1) is 15.6. The molecule has 3 saturated carbocycles. The van der Waals surface area contributed by atoms with Crippen LogP contribution in [0.5, 0.6) is 0 Å². The summed E-state index contributed by atoms with van der Waals surface area (Å²) in [5.74, 6) is 2.50. The van der Waals surface area contributed by atoms with Crippen LogP contribution >= 0.6 is 0 Å². The summed E-state index contributed by atoms with van der Waals surface area (Å²) < 4.78 is 0. The van der Waals surface area contributed by atoms with Crippen LogP contribution in [0.4, 0.5) is 0 Å². The van der Waals surface area contributed by atoms with Crippen molar-refractivity contribution in [3.05, 3.63) is 30.3 Å². The molecule has 1 aromatic carbocycles. The molecule has 4 atom stereocenters. The van der Waals surface area contributed by atoms with Gasteiger partial charge in [0.1, 0.15) is 5.78 Å². The Hall–Kier alpha value is -0.893. The zero-order valence-electron chi connectivity index (χ0n) is 15.1. The number of carbonyl (C=O) groups excluding carboxylic acids is 1. The first-order valence-corrected chi connectivity index (χ1v) is 12.6. The molecule has 0 amide bonds.